The minimum atomic E-state index is -0.987. The average molecular weight is 546 g/mol. The number of thiazole rings is 1. The third kappa shape index (κ3) is 4.68. The van der Waals surface area contributed by atoms with E-state index in [0.29, 0.717) is 31.9 Å². The first-order valence-electron chi connectivity index (χ1n) is 12.0. The number of aryl methyl sites for hydroxylation is 1. The van der Waals surface area contributed by atoms with Crippen LogP contribution >= 0.6 is 11.3 Å². The number of carbonyl (C=O) groups is 1. The Morgan fingerprint density at radius 2 is 2.00 bits per heavy atom. The molecule has 0 radical (unpaired) electrons. The summed E-state index contributed by atoms with van der Waals surface area (Å²) in [6.07, 6.45) is 1.57. The van der Waals surface area contributed by atoms with Crippen molar-refractivity contribution in [3.63, 3.8) is 0 Å². The topological polar surface area (TPSA) is 137 Å². The maximum absolute atomic E-state index is 13.7. The lowest BCUT2D eigenvalue weighted by Crippen LogP contribution is -2.39. The summed E-state index contributed by atoms with van der Waals surface area (Å²) in [5.74, 6) is -0.00152. The van der Waals surface area contributed by atoms with Gasteiger partial charge in [0.25, 0.3) is 11.2 Å². The van der Waals surface area contributed by atoms with Crippen LogP contribution in [0.3, 0.4) is 0 Å². The number of phenols is 1. The molecule has 3 heterocycles. The molecule has 0 fully saturated rings. The number of phenolic OH excluding ortho intramolecular Hbond substituents is 1. The molecule has 1 atom stereocenters. The first-order valence-corrected chi connectivity index (χ1v) is 12.8. The number of aromatic nitrogens is 1. The van der Waals surface area contributed by atoms with Crippen molar-refractivity contribution in [3.8, 4) is 17.1 Å². The van der Waals surface area contributed by atoms with Crippen molar-refractivity contribution in [3.05, 3.63) is 113 Å². The fourth-order valence-corrected chi connectivity index (χ4v) is 5.48. The normalized spacial score (nSPS) is 15.2. The molecule has 0 bridgehead atoms. The largest absolute Gasteiger partial charge is 0.507 e. The summed E-state index contributed by atoms with van der Waals surface area (Å²) < 4.78 is 13.2. The number of nitro groups is 1. The maximum atomic E-state index is 13.7. The highest BCUT2D eigenvalue weighted by atomic mass is 32.1. The number of allylic oxidation sites excluding steroid dienone is 1. The molecule has 0 unspecified atom stereocenters. The Labute approximate surface area is 225 Å². The molecule has 0 saturated heterocycles. The van der Waals surface area contributed by atoms with E-state index in [1.807, 2.05) is 0 Å². The average Bonchev–Trinajstić information content (AvgIpc) is 3.50. The van der Waals surface area contributed by atoms with Crippen LogP contribution < -0.4 is 14.9 Å². The third-order valence-electron chi connectivity index (χ3n) is 6.33. The Bertz CT molecular complexity index is 1840. The summed E-state index contributed by atoms with van der Waals surface area (Å²) in [4.78, 5) is 42.5. The molecule has 0 aliphatic carbocycles. The minimum absolute atomic E-state index is 0.0197. The Morgan fingerprint density at radius 1 is 1.23 bits per heavy atom. The van der Waals surface area contributed by atoms with E-state index in [1.165, 1.54) is 22.8 Å². The molecule has 0 spiro atoms. The van der Waals surface area contributed by atoms with Gasteiger partial charge in [-0.1, -0.05) is 35.6 Å². The number of non-ortho nitro benzene ring substituents is 1. The molecule has 2 aromatic heterocycles. The van der Waals surface area contributed by atoms with Gasteiger partial charge < -0.3 is 14.3 Å². The fraction of sp³-hybridized carbons (Fsp3) is 0.179. The number of rotatable bonds is 6. The zero-order valence-electron chi connectivity index (χ0n) is 21.2. The monoisotopic (exact) mass is 545 g/mol. The molecular weight excluding hydrogens is 522 g/mol. The Balaban J connectivity index is 1.71. The molecule has 5 rings (SSSR count). The van der Waals surface area contributed by atoms with Crippen molar-refractivity contribution in [1.82, 2.24) is 4.57 Å². The van der Waals surface area contributed by atoms with Gasteiger partial charge in [-0.3, -0.25) is 19.5 Å². The van der Waals surface area contributed by atoms with Gasteiger partial charge in [0, 0.05) is 23.3 Å². The van der Waals surface area contributed by atoms with E-state index in [0.717, 1.165) is 16.9 Å². The van der Waals surface area contributed by atoms with Crippen molar-refractivity contribution in [2.45, 2.75) is 26.8 Å². The van der Waals surface area contributed by atoms with E-state index >= 15 is 0 Å². The van der Waals surface area contributed by atoms with E-state index in [4.69, 9.17) is 9.15 Å². The van der Waals surface area contributed by atoms with E-state index < -0.39 is 22.5 Å². The summed E-state index contributed by atoms with van der Waals surface area (Å²) in [6.45, 7) is 5.27. The highest BCUT2D eigenvalue weighted by Gasteiger charge is 2.35. The number of fused-ring (bicyclic) bond motifs is 1. The highest BCUT2D eigenvalue weighted by Crippen LogP contribution is 2.36. The molecule has 39 heavy (non-hydrogen) atoms. The molecule has 11 heteroatoms. The van der Waals surface area contributed by atoms with Crippen molar-refractivity contribution in [2.24, 2.45) is 4.99 Å². The number of carbonyl (C=O) groups excluding carboxylic acids is 1. The quantitative estimate of drug-likeness (QED) is 0.220. The molecule has 1 aliphatic heterocycles. The molecule has 1 aliphatic rings. The van der Waals surface area contributed by atoms with E-state index in [2.05, 4.69) is 4.99 Å². The number of hydrogen-bond donors (Lipinski definition) is 1. The van der Waals surface area contributed by atoms with Crippen molar-refractivity contribution >= 4 is 29.1 Å². The predicted octanol–water partition coefficient (Wildman–Crippen LogP) is 3.98. The second-order valence-electron chi connectivity index (χ2n) is 8.82. The lowest BCUT2D eigenvalue weighted by molar-refractivity contribution is -0.384. The molecule has 2 aromatic carbocycles. The summed E-state index contributed by atoms with van der Waals surface area (Å²) in [6, 6.07) is 13.4. The first-order chi connectivity index (χ1) is 18.7. The molecule has 198 valence electrons. The van der Waals surface area contributed by atoms with Gasteiger partial charge in [-0.15, -0.1) is 0 Å². The van der Waals surface area contributed by atoms with E-state index in [1.54, 1.807) is 63.2 Å². The first kappa shape index (κ1) is 25.9. The second kappa shape index (κ2) is 10.2. The second-order valence-corrected chi connectivity index (χ2v) is 9.83. The van der Waals surface area contributed by atoms with Crippen LogP contribution in [0.25, 0.3) is 17.4 Å². The maximum Gasteiger partial charge on any atom is 0.338 e. The smallest absolute Gasteiger partial charge is 0.338 e. The number of ether oxygens (including phenoxy) is 1. The van der Waals surface area contributed by atoms with Crippen LogP contribution in [-0.2, 0) is 9.53 Å². The molecule has 4 aromatic rings. The lowest BCUT2D eigenvalue weighted by Gasteiger charge is -2.22. The van der Waals surface area contributed by atoms with Gasteiger partial charge in [-0.25, -0.2) is 9.79 Å². The van der Waals surface area contributed by atoms with Gasteiger partial charge in [-0.2, -0.15) is 0 Å². The van der Waals surface area contributed by atoms with E-state index in [-0.39, 0.29) is 29.4 Å². The number of furan rings is 1. The van der Waals surface area contributed by atoms with Gasteiger partial charge in [0.15, 0.2) is 4.80 Å². The number of para-hydroxylation sites is 1. The predicted molar refractivity (Wildman–Crippen MR) is 144 cm³/mol. The Kier molecular flexibility index (Phi) is 6.75. The fourth-order valence-electron chi connectivity index (χ4n) is 4.45. The van der Waals surface area contributed by atoms with Crippen LogP contribution in [0.4, 0.5) is 5.69 Å². The van der Waals surface area contributed by atoms with Gasteiger partial charge in [-0.05, 0) is 50.6 Å². The zero-order chi connectivity index (χ0) is 27.8. The zero-order valence-corrected chi connectivity index (χ0v) is 22.0. The molecular formula is C28H23N3O7S. The molecule has 0 amide bonds. The SMILES string of the molecule is CCOC(=O)C1=C(C)N=c2s/c(=C\c3ccccc3O)c(=O)n2[C@@H]1c1ccc(-c2cc([N+](=O)[O-])ccc2C)o1. The van der Waals surface area contributed by atoms with Crippen LogP contribution in [0.15, 0.2) is 80.1 Å². The number of nitrogens with zero attached hydrogens (tertiary/aromatic N) is 3. The minimum Gasteiger partial charge on any atom is -0.507 e. The molecule has 10 nitrogen and oxygen atoms in total. The Morgan fingerprint density at radius 3 is 2.72 bits per heavy atom. The standard InChI is InChI=1S/C28H23N3O7S/c1-4-37-27(34)24-16(3)29-28-30(26(33)23(39-28)13-17-7-5-6-8-20(17)32)25(24)22-12-11-21(38-22)19-14-18(31(35)36)10-9-15(19)2/h5-14,25,32H,4H2,1-3H3/b23-13-/t25-/m1/s1. The van der Waals surface area contributed by atoms with Gasteiger partial charge >= 0.3 is 5.97 Å². The van der Waals surface area contributed by atoms with Crippen molar-refractivity contribution in [1.29, 1.82) is 0 Å². The molecule has 0 saturated carbocycles. The van der Waals surface area contributed by atoms with Crippen molar-refractivity contribution < 1.29 is 24.0 Å². The number of benzene rings is 2. The summed E-state index contributed by atoms with van der Waals surface area (Å²) in [5.41, 5.74) is 1.74. The third-order valence-corrected chi connectivity index (χ3v) is 7.32. The van der Waals surface area contributed by atoms with Crippen LogP contribution in [-0.4, -0.2) is 27.2 Å². The highest BCUT2D eigenvalue weighted by molar-refractivity contribution is 7.07. The lowest BCUT2D eigenvalue weighted by atomic mass is 10.0. The van der Waals surface area contributed by atoms with Crippen LogP contribution in [0, 0.1) is 17.0 Å². The number of nitro benzene ring substituents is 1. The summed E-state index contributed by atoms with van der Waals surface area (Å²) in [7, 11) is 0. The number of esters is 1. The summed E-state index contributed by atoms with van der Waals surface area (Å²) >= 11 is 1.12. The van der Waals surface area contributed by atoms with Crippen LogP contribution in [0.2, 0.25) is 0 Å². The van der Waals surface area contributed by atoms with Gasteiger partial charge in [0.2, 0.25) is 0 Å². The van der Waals surface area contributed by atoms with Gasteiger partial charge in [0.1, 0.15) is 23.3 Å². The number of aromatic hydroxyl groups is 1. The molecule has 1 N–H and O–H groups in total. The Hall–Kier alpha value is -4.77. The van der Waals surface area contributed by atoms with Crippen LogP contribution in [0.5, 0.6) is 5.75 Å². The number of hydrogen-bond acceptors (Lipinski definition) is 9. The summed E-state index contributed by atoms with van der Waals surface area (Å²) in [5, 5.41) is 21.6. The van der Waals surface area contributed by atoms with Crippen molar-refractivity contribution in [2.75, 3.05) is 6.61 Å². The van der Waals surface area contributed by atoms with Crippen LogP contribution in [0.1, 0.15) is 36.8 Å². The van der Waals surface area contributed by atoms with E-state index in [9.17, 15) is 24.8 Å². The van der Waals surface area contributed by atoms with Gasteiger partial charge in [0.05, 0.1) is 27.3 Å².